The van der Waals surface area contributed by atoms with Crippen LogP contribution >= 0.6 is 0 Å². The lowest BCUT2D eigenvalue weighted by molar-refractivity contribution is -0.162. The molecule has 4 fully saturated rings. The normalized spacial score (nSPS) is 31.7. The predicted molar refractivity (Wildman–Crippen MR) is 92.8 cm³/mol. The Bertz CT molecular complexity index is 712. The van der Waals surface area contributed by atoms with Gasteiger partial charge in [-0.05, 0) is 50.2 Å². The largest absolute Gasteiger partial charge is 0.493 e. The Labute approximate surface area is 152 Å². The summed E-state index contributed by atoms with van der Waals surface area (Å²) in [6.07, 6.45) is 4.10. The number of hydrogen-bond acceptors (Lipinski definition) is 6. The Morgan fingerprint density at radius 2 is 1.54 bits per heavy atom. The van der Waals surface area contributed by atoms with Crippen molar-refractivity contribution >= 4 is 11.8 Å². The van der Waals surface area contributed by atoms with Crippen LogP contribution in [0.4, 0.5) is 0 Å². The fourth-order valence-electron chi connectivity index (χ4n) is 5.25. The first-order valence-corrected chi connectivity index (χ1v) is 9.05. The molecule has 4 aliphatic carbocycles. The van der Waals surface area contributed by atoms with Crippen molar-refractivity contribution in [3.05, 3.63) is 17.7 Å². The molecule has 0 N–H and O–H groups in total. The van der Waals surface area contributed by atoms with Crippen LogP contribution in [0.15, 0.2) is 12.1 Å². The van der Waals surface area contributed by atoms with Crippen molar-refractivity contribution < 1.29 is 28.5 Å². The summed E-state index contributed by atoms with van der Waals surface area (Å²) in [5.41, 5.74) is -0.136. The zero-order chi connectivity index (χ0) is 18.5. The molecule has 5 rings (SSSR count). The van der Waals surface area contributed by atoms with E-state index in [2.05, 4.69) is 0 Å². The summed E-state index contributed by atoms with van der Waals surface area (Å²) in [7, 11) is 4.54. The number of ether oxygens (including phenoxy) is 4. The standard InChI is InChI=1S/C20H24O6/c1-23-15-6-12(7-16(24-2)18(15)25-3)19(22)26-20-8-11-4-13(9-20)17(21)14(5-11)10-20/h6-7,11,13-14H,4-5,8-10H2,1-3H3. The topological polar surface area (TPSA) is 71.1 Å². The first-order chi connectivity index (χ1) is 12.5. The lowest BCUT2D eigenvalue weighted by Gasteiger charge is -2.54. The molecule has 1 aromatic rings. The van der Waals surface area contributed by atoms with Crippen LogP contribution in [0, 0.1) is 17.8 Å². The molecule has 6 nitrogen and oxygen atoms in total. The molecule has 0 amide bonds. The van der Waals surface area contributed by atoms with Crippen LogP contribution in [0.2, 0.25) is 0 Å². The molecule has 2 unspecified atom stereocenters. The number of Topliss-reactive ketones (excluding diaryl/α,β-unsaturated/α-hetero) is 1. The molecule has 0 radical (unpaired) electrons. The van der Waals surface area contributed by atoms with E-state index < -0.39 is 11.6 Å². The first-order valence-electron chi connectivity index (χ1n) is 9.05. The smallest absolute Gasteiger partial charge is 0.338 e. The fourth-order valence-corrected chi connectivity index (χ4v) is 5.25. The molecule has 0 spiro atoms. The average molecular weight is 360 g/mol. The number of benzene rings is 1. The summed E-state index contributed by atoms with van der Waals surface area (Å²) in [6.45, 7) is 0. The van der Waals surface area contributed by atoms with Gasteiger partial charge in [-0.15, -0.1) is 0 Å². The van der Waals surface area contributed by atoms with Crippen LogP contribution in [-0.4, -0.2) is 38.7 Å². The van der Waals surface area contributed by atoms with Gasteiger partial charge in [0.15, 0.2) is 11.5 Å². The van der Waals surface area contributed by atoms with Gasteiger partial charge in [0.1, 0.15) is 11.4 Å². The number of esters is 1. The summed E-state index contributed by atoms with van der Waals surface area (Å²) in [4.78, 5) is 25.2. The maximum Gasteiger partial charge on any atom is 0.338 e. The van der Waals surface area contributed by atoms with E-state index in [4.69, 9.17) is 18.9 Å². The molecule has 4 aliphatic rings. The first kappa shape index (κ1) is 17.2. The molecule has 4 saturated carbocycles. The molecule has 4 bridgehead atoms. The van der Waals surface area contributed by atoms with Crippen molar-refractivity contribution in [2.24, 2.45) is 17.8 Å². The molecule has 2 atom stereocenters. The van der Waals surface area contributed by atoms with Gasteiger partial charge in [-0.3, -0.25) is 4.79 Å². The van der Waals surface area contributed by atoms with Crippen LogP contribution in [0.1, 0.15) is 42.5 Å². The van der Waals surface area contributed by atoms with Crippen LogP contribution in [-0.2, 0) is 9.53 Å². The van der Waals surface area contributed by atoms with Crippen molar-refractivity contribution in [2.75, 3.05) is 21.3 Å². The van der Waals surface area contributed by atoms with E-state index >= 15 is 0 Å². The summed E-state index contributed by atoms with van der Waals surface area (Å²) in [6, 6.07) is 3.21. The van der Waals surface area contributed by atoms with E-state index in [9.17, 15) is 9.59 Å². The van der Waals surface area contributed by atoms with Gasteiger partial charge in [-0.25, -0.2) is 4.79 Å². The van der Waals surface area contributed by atoms with Gasteiger partial charge in [-0.2, -0.15) is 0 Å². The Kier molecular flexibility index (Phi) is 4.09. The van der Waals surface area contributed by atoms with Gasteiger partial charge < -0.3 is 18.9 Å². The molecule has 0 aliphatic heterocycles. The molecular weight excluding hydrogens is 336 g/mol. The van der Waals surface area contributed by atoms with Crippen molar-refractivity contribution in [2.45, 2.75) is 37.7 Å². The average Bonchev–Trinajstić information content (AvgIpc) is 2.63. The molecular formula is C20H24O6. The van der Waals surface area contributed by atoms with Crippen LogP contribution in [0.3, 0.4) is 0 Å². The van der Waals surface area contributed by atoms with Crippen molar-refractivity contribution in [1.29, 1.82) is 0 Å². The Hall–Kier alpha value is -2.24. The van der Waals surface area contributed by atoms with E-state index in [0.717, 1.165) is 19.3 Å². The number of hydrogen-bond donors (Lipinski definition) is 0. The third-order valence-corrected chi connectivity index (χ3v) is 6.15. The number of methoxy groups -OCH3 is 3. The molecule has 1 aromatic carbocycles. The highest BCUT2D eigenvalue weighted by Crippen LogP contribution is 2.55. The number of rotatable bonds is 5. The maximum absolute atomic E-state index is 12.9. The van der Waals surface area contributed by atoms with Crippen molar-refractivity contribution in [3.8, 4) is 17.2 Å². The number of ketones is 1. The monoisotopic (exact) mass is 360 g/mol. The van der Waals surface area contributed by atoms with Gasteiger partial charge >= 0.3 is 5.97 Å². The third-order valence-electron chi connectivity index (χ3n) is 6.15. The highest BCUT2D eigenvalue weighted by molar-refractivity contribution is 5.92. The summed E-state index contributed by atoms with van der Waals surface area (Å²) in [5.74, 6) is 1.87. The zero-order valence-electron chi connectivity index (χ0n) is 15.4. The second-order valence-corrected chi connectivity index (χ2v) is 7.73. The van der Waals surface area contributed by atoms with E-state index in [1.807, 2.05) is 0 Å². The van der Waals surface area contributed by atoms with Crippen LogP contribution in [0.5, 0.6) is 17.2 Å². The Balaban J connectivity index is 1.60. The van der Waals surface area contributed by atoms with E-state index in [0.29, 0.717) is 47.4 Å². The van der Waals surface area contributed by atoms with E-state index in [1.54, 1.807) is 12.1 Å². The molecule has 0 heterocycles. The predicted octanol–water partition coefficient (Wildman–Crippen LogP) is 3.02. The van der Waals surface area contributed by atoms with E-state index in [1.165, 1.54) is 21.3 Å². The minimum Gasteiger partial charge on any atom is -0.493 e. The fraction of sp³-hybridized carbons (Fsp3) is 0.600. The second-order valence-electron chi connectivity index (χ2n) is 7.73. The van der Waals surface area contributed by atoms with Gasteiger partial charge in [0.2, 0.25) is 5.75 Å². The SMILES string of the molecule is COc1cc(C(=O)OC23CC4CC(C2)C(=O)C(C4)C3)cc(OC)c1OC. The lowest BCUT2D eigenvalue weighted by Crippen LogP contribution is -2.56. The number of carbonyl (C=O) groups excluding carboxylic acids is 2. The highest BCUT2D eigenvalue weighted by atomic mass is 16.6. The minimum atomic E-state index is -0.498. The summed E-state index contributed by atoms with van der Waals surface area (Å²) in [5, 5.41) is 0. The quantitative estimate of drug-likeness (QED) is 0.752. The molecule has 26 heavy (non-hydrogen) atoms. The maximum atomic E-state index is 12.9. The molecule has 0 saturated heterocycles. The highest BCUT2D eigenvalue weighted by Gasteiger charge is 2.57. The van der Waals surface area contributed by atoms with Crippen LogP contribution in [0.25, 0.3) is 0 Å². The molecule has 0 aromatic heterocycles. The Morgan fingerprint density at radius 3 is 2.04 bits per heavy atom. The van der Waals surface area contributed by atoms with Crippen molar-refractivity contribution in [3.63, 3.8) is 0 Å². The molecule has 140 valence electrons. The van der Waals surface area contributed by atoms with Crippen LogP contribution < -0.4 is 14.2 Å². The van der Waals surface area contributed by atoms with Gasteiger partial charge in [-0.1, -0.05) is 0 Å². The third kappa shape index (κ3) is 2.63. The molecule has 6 heteroatoms. The Morgan fingerprint density at radius 1 is 0.962 bits per heavy atom. The van der Waals surface area contributed by atoms with Gasteiger partial charge in [0, 0.05) is 11.8 Å². The number of carbonyl (C=O) groups is 2. The van der Waals surface area contributed by atoms with Gasteiger partial charge in [0.25, 0.3) is 0 Å². The van der Waals surface area contributed by atoms with E-state index in [-0.39, 0.29) is 11.8 Å². The zero-order valence-corrected chi connectivity index (χ0v) is 15.4. The minimum absolute atomic E-state index is 0.0639. The summed E-state index contributed by atoms with van der Waals surface area (Å²) >= 11 is 0. The lowest BCUT2D eigenvalue weighted by atomic mass is 9.53. The van der Waals surface area contributed by atoms with Crippen molar-refractivity contribution in [1.82, 2.24) is 0 Å². The second kappa shape index (κ2) is 6.18. The van der Waals surface area contributed by atoms with Gasteiger partial charge in [0.05, 0.1) is 26.9 Å². The summed E-state index contributed by atoms with van der Waals surface area (Å²) < 4.78 is 22.0.